The fourth-order valence-corrected chi connectivity index (χ4v) is 4.92. The second-order valence-corrected chi connectivity index (χ2v) is 9.40. The van der Waals surface area contributed by atoms with E-state index in [0.29, 0.717) is 15.8 Å². The van der Waals surface area contributed by atoms with Crippen LogP contribution in [0.5, 0.6) is 0 Å². The molecule has 28 heavy (non-hydrogen) atoms. The van der Waals surface area contributed by atoms with Crippen LogP contribution < -0.4 is 4.90 Å². The van der Waals surface area contributed by atoms with E-state index < -0.39 is 0 Å². The number of thioether (sulfide) groups is 2. The Morgan fingerprint density at radius 2 is 1.86 bits per heavy atom. The van der Waals surface area contributed by atoms with Crippen LogP contribution >= 0.6 is 35.7 Å². The van der Waals surface area contributed by atoms with E-state index in [1.807, 2.05) is 80.7 Å². The Hall–Kier alpha value is -1.83. The molecule has 1 aromatic heterocycles. The van der Waals surface area contributed by atoms with Crippen LogP contribution in [0.3, 0.4) is 0 Å². The first-order valence-corrected chi connectivity index (χ1v) is 11.3. The lowest BCUT2D eigenvalue weighted by atomic mass is 10.2. The van der Waals surface area contributed by atoms with Gasteiger partial charge in [0.05, 0.1) is 4.91 Å². The van der Waals surface area contributed by atoms with Gasteiger partial charge >= 0.3 is 0 Å². The summed E-state index contributed by atoms with van der Waals surface area (Å²) in [5, 5.41) is 0. The zero-order valence-electron chi connectivity index (χ0n) is 16.0. The molecule has 0 aliphatic carbocycles. The number of carbonyl (C=O) groups excluding carboxylic acids is 1. The number of nitrogens with zero attached hydrogens (tertiary/aromatic N) is 3. The standard InChI is InChI=1S/C21H23N3OS3/c1-23(2)17-7-5-16(6-8-17)15-19-20(25)24(21(26)28-19)13-3-4-14-27-18-9-11-22-12-10-18/h5-12,15H,3-4,13-14H2,1-2H3. The van der Waals surface area contributed by atoms with Crippen LogP contribution in [0.2, 0.25) is 0 Å². The molecule has 1 amide bonds. The molecule has 0 N–H and O–H groups in total. The smallest absolute Gasteiger partial charge is 0.266 e. The highest BCUT2D eigenvalue weighted by Gasteiger charge is 2.31. The highest BCUT2D eigenvalue weighted by molar-refractivity contribution is 8.26. The maximum Gasteiger partial charge on any atom is 0.266 e. The first-order valence-electron chi connectivity index (χ1n) is 9.10. The molecule has 3 rings (SSSR count). The van der Waals surface area contributed by atoms with Gasteiger partial charge < -0.3 is 4.90 Å². The van der Waals surface area contributed by atoms with E-state index in [4.69, 9.17) is 12.2 Å². The van der Waals surface area contributed by atoms with Gasteiger partial charge in [0.1, 0.15) is 4.32 Å². The molecule has 146 valence electrons. The third-order valence-electron chi connectivity index (χ3n) is 4.28. The van der Waals surface area contributed by atoms with Crippen molar-refractivity contribution in [2.45, 2.75) is 17.7 Å². The summed E-state index contributed by atoms with van der Waals surface area (Å²) in [6.45, 7) is 0.679. The molecule has 0 saturated carbocycles. The van der Waals surface area contributed by atoms with Gasteiger partial charge in [0.25, 0.3) is 5.91 Å². The van der Waals surface area contributed by atoms with Crippen LogP contribution in [0.4, 0.5) is 5.69 Å². The van der Waals surface area contributed by atoms with Gasteiger partial charge in [-0.25, -0.2) is 0 Å². The molecule has 2 aromatic rings. The molecule has 1 saturated heterocycles. The number of anilines is 1. The van der Waals surface area contributed by atoms with Crippen molar-refractivity contribution in [1.82, 2.24) is 9.88 Å². The summed E-state index contributed by atoms with van der Waals surface area (Å²) in [4.78, 5) is 22.4. The Kier molecular flexibility index (Phi) is 7.53. The minimum atomic E-state index is 0.0217. The van der Waals surface area contributed by atoms with Crippen molar-refractivity contribution < 1.29 is 4.79 Å². The van der Waals surface area contributed by atoms with E-state index in [9.17, 15) is 4.79 Å². The van der Waals surface area contributed by atoms with E-state index in [1.54, 1.807) is 4.90 Å². The van der Waals surface area contributed by atoms with Gasteiger partial charge in [0.2, 0.25) is 0 Å². The van der Waals surface area contributed by atoms with Crippen molar-refractivity contribution in [3.8, 4) is 0 Å². The number of aromatic nitrogens is 1. The first-order chi connectivity index (χ1) is 13.5. The summed E-state index contributed by atoms with van der Waals surface area (Å²) >= 11 is 8.64. The van der Waals surface area contributed by atoms with E-state index in [0.717, 1.165) is 29.8 Å². The Morgan fingerprint density at radius 3 is 2.54 bits per heavy atom. The topological polar surface area (TPSA) is 36.4 Å². The summed E-state index contributed by atoms with van der Waals surface area (Å²) < 4.78 is 0.656. The minimum absolute atomic E-state index is 0.0217. The maximum atomic E-state index is 12.7. The number of hydrogen-bond acceptors (Lipinski definition) is 6. The average Bonchev–Trinajstić information content (AvgIpc) is 2.96. The normalized spacial score (nSPS) is 15.5. The van der Waals surface area contributed by atoms with Crippen LogP contribution in [-0.4, -0.2) is 46.5 Å². The van der Waals surface area contributed by atoms with Gasteiger partial charge in [-0.15, -0.1) is 11.8 Å². The van der Waals surface area contributed by atoms with Crippen molar-refractivity contribution in [3.63, 3.8) is 0 Å². The second-order valence-electron chi connectivity index (χ2n) is 6.56. The molecule has 1 fully saturated rings. The van der Waals surface area contributed by atoms with E-state index in [1.165, 1.54) is 16.7 Å². The first kappa shape index (κ1) is 20.9. The van der Waals surface area contributed by atoms with Crippen molar-refractivity contribution in [2.24, 2.45) is 0 Å². The maximum absolute atomic E-state index is 12.7. The molecule has 1 aromatic carbocycles. The fourth-order valence-electron chi connectivity index (χ4n) is 2.71. The molecule has 0 spiro atoms. The van der Waals surface area contributed by atoms with Gasteiger partial charge in [0.15, 0.2) is 0 Å². The number of benzene rings is 1. The second kappa shape index (κ2) is 10.1. The van der Waals surface area contributed by atoms with Crippen LogP contribution in [0, 0.1) is 0 Å². The molecular formula is C21H23N3OS3. The fraction of sp³-hybridized carbons (Fsp3) is 0.286. The Bertz CT molecular complexity index is 851. The molecule has 1 aliphatic heterocycles. The monoisotopic (exact) mass is 429 g/mol. The quantitative estimate of drug-likeness (QED) is 0.257. The largest absolute Gasteiger partial charge is 0.378 e. The van der Waals surface area contributed by atoms with Crippen LogP contribution in [0.1, 0.15) is 18.4 Å². The molecule has 0 radical (unpaired) electrons. The highest BCUT2D eigenvalue weighted by atomic mass is 32.2. The number of pyridine rings is 1. The molecule has 0 bridgehead atoms. The Balaban J connectivity index is 1.50. The molecule has 1 aliphatic rings. The summed E-state index contributed by atoms with van der Waals surface area (Å²) in [5.41, 5.74) is 2.15. The zero-order valence-corrected chi connectivity index (χ0v) is 18.4. The SMILES string of the molecule is CN(C)c1ccc(C=C2SC(=S)N(CCCCSc3ccncc3)C2=O)cc1. The van der Waals surface area contributed by atoms with Gasteiger partial charge in [0, 0.05) is 43.6 Å². The average molecular weight is 430 g/mol. The summed E-state index contributed by atoms with van der Waals surface area (Å²) in [6, 6.07) is 12.2. The number of unbranched alkanes of at least 4 members (excludes halogenated alkanes) is 1. The van der Waals surface area contributed by atoms with E-state index >= 15 is 0 Å². The van der Waals surface area contributed by atoms with Gasteiger partial charge in [-0.05, 0) is 54.5 Å². The highest BCUT2D eigenvalue weighted by Crippen LogP contribution is 2.33. The lowest BCUT2D eigenvalue weighted by Gasteiger charge is -2.14. The summed E-state index contributed by atoms with van der Waals surface area (Å²) in [6.07, 6.45) is 7.52. The van der Waals surface area contributed by atoms with Crippen molar-refractivity contribution in [3.05, 3.63) is 59.3 Å². The number of rotatable bonds is 8. The van der Waals surface area contributed by atoms with Crippen molar-refractivity contribution in [1.29, 1.82) is 0 Å². The Morgan fingerprint density at radius 1 is 1.14 bits per heavy atom. The molecule has 0 unspecified atom stereocenters. The molecule has 4 nitrogen and oxygen atoms in total. The zero-order chi connectivity index (χ0) is 19.9. The summed E-state index contributed by atoms with van der Waals surface area (Å²) in [5.74, 6) is 1.04. The van der Waals surface area contributed by atoms with Crippen molar-refractivity contribution in [2.75, 3.05) is 31.3 Å². The number of amides is 1. The lowest BCUT2D eigenvalue weighted by molar-refractivity contribution is -0.122. The lowest BCUT2D eigenvalue weighted by Crippen LogP contribution is -2.29. The Labute approximate surface area is 180 Å². The molecule has 7 heteroatoms. The van der Waals surface area contributed by atoms with E-state index in [-0.39, 0.29) is 5.91 Å². The van der Waals surface area contributed by atoms with Gasteiger partial charge in [-0.2, -0.15) is 0 Å². The van der Waals surface area contributed by atoms with Gasteiger partial charge in [-0.1, -0.05) is 36.1 Å². The third-order valence-corrected chi connectivity index (χ3v) is 6.75. The predicted molar refractivity (Wildman–Crippen MR) is 125 cm³/mol. The predicted octanol–water partition coefficient (Wildman–Crippen LogP) is 4.92. The minimum Gasteiger partial charge on any atom is -0.378 e. The molecule has 2 heterocycles. The third kappa shape index (κ3) is 5.59. The van der Waals surface area contributed by atoms with Crippen LogP contribution in [0.15, 0.2) is 58.6 Å². The van der Waals surface area contributed by atoms with E-state index in [2.05, 4.69) is 9.88 Å². The summed E-state index contributed by atoms with van der Waals surface area (Å²) in [7, 11) is 4.02. The molecular weight excluding hydrogens is 406 g/mol. The number of thiocarbonyl (C=S) groups is 1. The molecule has 0 atom stereocenters. The number of hydrogen-bond donors (Lipinski definition) is 0. The van der Waals surface area contributed by atoms with Gasteiger partial charge in [-0.3, -0.25) is 14.7 Å². The van der Waals surface area contributed by atoms with Crippen LogP contribution in [-0.2, 0) is 4.79 Å². The van der Waals surface area contributed by atoms with Crippen molar-refractivity contribution >= 4 is 57.7 Å². The number of carbonyl (C=O) groups is 1. The van der Waals surface area contributed by atoms with Crippen LogP contribution in [0.25, 0.3) is 6.08 Å².